The highest BCUT2D eigenvalue weighted by Crippen LogP contribution is 2.41. The zero-order chi connectivity index (χ0) is 33.7. The minimum Gasteiger partial charge on any atom is -0.460 e. The van der Waals surface area contributed by atoms with Crippen molar-refractivity contribution in [3.05, 3.63) is 181 Å². The lowest BCUT2D eigenvalue weighted by Crippen LogP contribution is -2.09. The van der Waals surface area contributed by atoms with Crippen molar-refractivity contribution in [2.24, 2.45) is 0 Å². The molecule has 9 aromatic rings. The maximum atomic E-state index is 6.46. The first-order chi connectivity index (χ1) is 25.3. The van der Waals surface area contributed by atoms with Gasteiger partial charge in [-0.2, -0.15) is 0 Å². The molecule has 0 N–H and O–H groups in total. The van der Waals surface area contributed by atoms with Crippen molar-refractivity contribution in [2.45, 2.75) is 12.8 Å². The number of fused-ring (bicyclic) bond motifs is 6. The molecule has 0 fully saturated rings. The fraction of sp³-hybridized carbons (Fsp3) is 0.0417. The van der Waals surface area contributed by atoms with Gasteiger partial charge in [-0.3, -0.25) is 0 Å². The number of furan rings is 2. The Kier molecular flexibility index (Phi) is 6.95. The van der Waals surface area contributed by atoms with E-state index in [2.05, 4.69) is 169 Å². The predicted molar refractivity (Wildman–Crippen MR) is 212 cm³/mol. The van der Waals surface area contributed by atoms with Crippen LogP contribution in [-0.4, -0.2) is 0 Å². The molecule has 0 saturated carbocycles. The summed E-state index contributed by atoms with van der Waals surface area (Å²) in [6.45, 7) is 0. The van der Waals surface area contributed by atoms with Crippen LogP contribution >= 0.6 is 0 Å². The lowest BCUT2D eigenvalue weighted by atomic mass is 9.98. The van der Waals surface area contributed by atoms with Gasteiger partial charge in [0.15, 0.2) is 0 Å². The second kappa shape index (κ2) is 12.1. The molecule has 1 aliphatic carbocycles. The molecule has 0 saturated heterocycles. The quantitative estimate of drug-likeness (QED) is 0.179. The third-order valence-corrected chi connectivity index (χ3v) is 10.2. The van der Waals surface area contributed by atoms with Crippen molar-refractivity contribution in [3.8, 4) is 33.4 Å². The number of para-hydroxylation sites is 3. The van der Waals surface area contributed by atoms with E-state index >= 15 is 0 Å². The zero-order valence-corrected chi connectivity index (χ0v) is 27.9. The van der Waals surface area contributed by atoms with E-state index in [0.717, 1.165) is 85.4 Å². The van der Waals surface area contributed by atoms with Gasteiger partial charge in [-0.1, -0.05) is 133 Å². The summed E-state index contributed by atoms with van der Waals surface area (Å²) >= 11 is 0. The number of benzene rings is 7. The first kappa shape index (κ1) is 29.3. The van der Waals surface area contributed by atoms with E-state index in [0.29, 0.717) is 0 Å². The molecule has 0 aliphatic heterocycles. The van der Waals surface area contributed by atoms with E-state index in [9.17, 15) is 0 Å². The van der Waals surface area contributed by atoms with Crippen molar-refractivity contribution >= 4 is 56.0 Å². The van der Waals surface area contributed by atoms with Gasteiger partial charge in [0.2, 0.25) is 0 Å². The Morgan fingerprint density at radius 1 is 0.412 bits per heavy atom. The highest BCUT2D eigenvalue weighted by molar-refractivity contribution is 6.09. The summed E-state index contributed by atoms with van der Waals surface area (Å²) in [6, 6.07) is 58.1. The number of allylic oxidation sites excluding steroid dienone is 1. The number of hydrogen-bond acceptors (Lipinski definition) is 3. The molecule has 2 heterocycles. The highest BCUT2D eigenvalue weighted by atomic mass is 16.3. The topological polar surface area (TPSA) is 29.5 Å². The molecule has 51 heavy (non-hydrogen) atoms. The van der Waals surface area contributed by atoms with Gasteiger partial charge in [0, 0.05) is 56.3 Å². The summed E-state index contributed by atoms with van der Waals surface area (Å²) in [6.07, 6.45) is 6.42. The average Bonchev–Trinajstić information content (AvgIpc) is 3.78. The van der Waals surface area contributed by atoms with Crippen LogP contribution < -0.4 is 4.90 Å². The Balaban J connectivity index is 1.05. The summed E-state index contributed by atoms with van der Waals surface area (Å²) < 4.78 is 12.8. The van der Waals surface area contributed by atoms with Gasteiger partial charge in [-0.05, 0) is 71.1 Å². The van der Waals surface area contributed by atoms with Crippen LogP contribution in [0.4, 0.5) is 17.1 Å². The third kappa shape index (κ3) is 5.05. The normalized spacial score (nSPS) is 12.5. The van der Waals surface area contributed by atoms with E-state index in [1.165, 1.54) is 22.1 Å². The summed E-state index contributed by atoms with van der Waals surface area (Å²) in [5.74, 6) is 1.08. The first-order valence-electron chi connectivity index (χ1n) is 17.6. The summed E-state index contributed by atoms with van der Waals surface area (Å²) in [4.78, 5) is 2.32. The maximum Gasteiger partial charge on any atom is 0.143 e. The molecule has 0 bridgehead atoms. The molecule has 0 unspecified atom stereocenters. The molecule has 1 aliphatic rings. The van der Waals surface area contributed by atoms with E-state index in [1.807, 2.05) is 12.1 Å². The molecule has 7 aromatic carbocycles. The van der Waals surface area contributed by atoms with Crippen LogP contribution in [0.15, 0.2) is 179 Å². The molecule has 2 aromatic heterocycles. The van der Waals surface area contributed by atoms with Crippen LogP contribution in [0.1, 0.15) is 17.7 Å². The molecule has 10 rings (SSSR count). The number of rotatable bonds is 6. The summed E-state index contributed by atoms with van der Waals surface area (Å²) in [5.41, 5.74) is 14.1. The molecule has 3 heteroatoms. The van der Waals surface area contributed by atoms with E-state index < -0.39 is 0 Å². The van der Waals surface area contributed by atoms with Gasteiger partial charge in [0.05, 0.1) is 0 Å². The molecule has 242 valence electrons. The number of aryl methyl sites for hydroxylation is 1. The zero-order valence-electron chi connectivity index (χ0n) is 27.9. The fourth-order valence-corrected chi connectivity index (χ4v) is 7.63. The van der Waals surface area contributed by atoms with Crippen LogP contribution in [0.25, 0.3) is 72.4 Å². The molecule has 0 spiro atoms. The molecule has 0 radical (unpaired) electrons. The van der Waals surface area contributed by atoms with Gasteiger partial charge in [0.25, 0.3) is 0 Å². The van der Waals surface area contributed by atoms with Crippen LogP contribution in [0, 0.1) is 0 Å². The fourth-order valence-electron chi connectivity index (χ4n) is 7.63. The van der Waals surface area contributed by atoms with Gasteiger partial charge in [-0.25, -0.2) is 0 Å². The maximum absolute atomic E-state index is 6.46. The lowest BCUT2D eigenvalue weighted by molar-refractivity contribution is 0.547. The van der Waals surface area contributed by atoms with Crippen molar-refractivity contribution in [3.63, 3.8) is 0 Å². The van der Waals surface area contributed by atoms with E-state index in [1.54, 1.807) is 0 Å². The van der Waals surface area contributed by atoms with Gasteiger partial charge >= 0.3 is 0 Å². The molecule has 0 amide bonds. The Morgan fingerprint density at radius 2 is 0.941 bits per heavy atom. The molecular formula is C48H33NO2. The van der Waals surface area contributed by atoms with Crippen molar-refractivity contribution < 1.29 is 8.83 Å². The van der Waals surface area contributed by atoms with Crippen LogP contribution in [0.5, 0.6) is 0 Å². The summed E-state index contributed by atoms with van der Waals surface area (Å²) in [5, 5.41) is 3.45. The van der Waals surface area contributed by atoms with Gasteiger partial charge in [-0.15, -0.1) is 0 Å². The molecule has 0 atom stereocenters. The van der Waals surface area contributed by atoms with Crippen molar-refractivity contribution in [1.82, 2.24) is 0 Å². The molecular weight excluding hydrogens is 623 g/mol. The minimum atomic E-state index is 0.907. The Labute approximate surface area is 296 Å². The summed E-state index contributed by atoms with van der Waals surface area (Å²) in [7, 11) is 0. The van der Waals surface area contributed by atoms with Crippen LogP contribution in [0.2, 0.25) is 0 Å². The van der Waals surface area contributed by atoms with E-state index in [4.69, 9.17) is 8.83 Å². The third-order valence-electron chi connectivity index (χ3n) is 10.2. The monoisotopic (exact) mass is 655 g/mol. The highest BCUT2D eigenvalue weighted by Gasteiger charge is 2.19. The Bertz CT molecular complexity index is 2710. The second-order valence-electron chi connectivity index (χ2n) is 13.2. The number of hydrogen-bond donors (Lipinski definition) is 0. The number of nitrogens with zero attached hydrogens (tertiary/aromatic N) is 1. The van der Waals surface area contributed by atoms with Gasteiger partial charge < -0.3 is 13.7 Å². The largest absolute Gasteiger partial charge is 0.460 e. The first-order valence-corrected chi connectivity index (χ1v) is 17.6. The average molecular weight is 656 g/mol. The van der Waals surface area contributed by atoms with Gasteiger partial charge in [0.1, 0.15) is 22.5 Å². The predicted octanol–water partition coefficient (Wildman–Crippen LogP) is 13.8. The second-order valence-corrected chi connectivity index (χ2v) is 13.2. The Morgan fingerprint density at radius 3 is 1.61 bits per heavy atom. The number of anilines is 3. The van der Waals surface area contributed by atoms with Crippen molar-refractivity contribution in [1.29, 1.82) is 0 Å². The molecule has 3 nitrogen and oxygen atoms in total. The van der Waals surface area contributed by atoms with Crippen LogP contribution in [-0.2, 0) is 6.42 Å². The smallest absolute Gasteiger partial charge is 0.143 e. The lowest BCUT2D eigenvalue weighted by Gasteiger charge is -2.26. The van der Waals surface area contributed by atoms with Crippen molar-refractivity contribution in [2.75, 3.05) is 4.90 Å². The SMILES string of the molecule is C1=Cc2c(oc3c(-c4ccc(N(c5ccc(-c6ccccc6)cc5)c5ccc(-c6cccc7c6oc6ccccc67)cc5)cc4)cccc23)CC1. The van der Waals surface area contributed by atoms with E-state index in [-0.39, 0.29) is 0 Å². The standard InChI is InChI=1S/C48H33NO2/c1-2-10-32(11-3-1)33-20-26-36(27-21-33)49(37-28-22-34(23-29-37)39-14-8-16-43-41-12-4-6-18-45(41)50-47(39)43)38-30-24-35(25-31-38)40-15-9-17-44-42-13-5-7-19-46(42)51-48(40)44/h1-6,8-18,20-31H,7,19H2. The minimum absolute atomic E-state index is 0.907. The Hall–Kier alpha value is -6.58. The van der Waals surface area contributed by atoms with Crippen LogP contribution in [0.3, 0.4) is 0 Å².